The predicted octanol–water partition coefficient (Wildman–Crippen LogP) is 4.54. The van der Waals surface area contributed by atoms with E-state index in [-0.39, 0.29) is 5.91 Å². The number of aromatic amines is 1. The minimum Gasteiger partial charge on any atom is -0.421 e. The van der Waals surface area contributed by atoms with Crippen molar-refractivity contribution in [3.63, 3.8) is 0 Å². The number of nitrogens with zero attached hydrogens (tertiary/aromatic N) is 4. The van der Waals surface area contributed by atoms with E-state index < -0.39 is 0 Å². The molecule has 0 fully saturated rings. The van der Waals surface area contributed by atoms with Crippen molar-refractivity contribution in [3.05, 3.63) is 78.3 Å². The topological polar surface area (TPSA) is 87.9 Å². The number of aromatic nitrogens is 4. The lowest BCUT2D eigenvalue weighted by Gasteiger charge is -2.16. The number of benzene rings is 2. The van der Waals surface area contributed by atoms with Gasteiger partial charge in [0.1, 0.15) is 0 Å². The van der Waals surface area contributed by atoms with E-state index in [4.69, 9.17) is 4.42 Å². The van der Waals surface area contributed by atoms with E-state index in [1.54, 1.807) is 4.90 Å². The maximum Gasteiger partial charge on any atom is 0.247 e. The van der Waals surface area contributed by atoms with Crippen molar-refractivity contribution in [2.75, 3.05) is 13.6 Å². The van der Waals surface area contributed by atoms with Crippen LogP contribution in [0.2, 0.25) is 0 Å². The first-order valence-corrected chi connectivity index (χ1v) is 10.9. The summed E-state index contributed by atoms with van der Waals surface area (Å²) in [7, 11) is 1.85. The number of amides is 1. The van der Waals surface area contributed by atoms with Crippen molar-refractivity contribution >= 4 is 5.91 Å². The molecule has 0 saturated heterocycles. The summed E-state index contributed by atoms with van der Waals surface area (Å²) in [5.41, 5.74) is 4.02. The molecule has 1 N–H and O–H groups in total. The zero-order chi connectivity index (χ0) is 22.2. The summed E-state index contributed by atoms with van der Waals surface area (Å²) in [6.07, 6.45) is 3.46. The van der Waals surface area contributed by atoms with Gasteiger partial charge in [-0.05, 0) is 37.5 Å². The summed E-state index contributed by atoms with van der Waals surface area (Å²) >= 11 is 0. The standard InChI is InChI=1S/C25H27N5O2/c1-30(17-9-14-21-18-22(27-26-21)19-10-4-2-5-11-19)24(31)16-8-15-23-28-29-25(32-23)20-12-6-3-7-13-20/h2-7,10-13,18H,8-9,14-17H2,1H3,(H,26,27). The molecule has 2 aromatic carbocycles. The van der Waals surface area contributed by atoms with Crippen molar-refractivity contribution in [2.24, 2.45) is 0 Å². The molecule has 32 heavy (non-hydrogen) atoms. The van der Waals surface area contributed by atoms with Gasteiger partial charge in [-0.1, -0.05) is 48.5 Å². The Labute approximate surface area is 187 Å². The highest BCUT2D eigenvalue weighted by molar-refractivity contribution is 5.75. The molecule has 1 amide bonds. The van der Waals surface area contributed by atoms with Crippen LogP contribution in [0.3, 0.4) is 0 Å². The van der Waals surface area contributed by atoms with E-state index in [1.165, 1.54) is 0 Å². The second-order valence-corrected chi connectivity index (χ2v) is 7.78. The molecule has 0 aliphatic rings. The third kappa shape index (κ3) is 5.69. The van der Waals surface area contributed by atoms with Crippen LogP contribution in [0.5, 0.6) is 0 Å². The number of carbonyl (C=O) groups is 1. The molecular formula is C25H27N5O2. The monoisotopic (exact) mass is 429 g/mol. The van der Waals surface area contributed by atoms with Gasteiger partial charge in [-0.25, -0.2) is 0 Å². The average molecular weight is 430 g/mol. The molecule has 0 spiro atoms. The van der Waals surface area contributed by atoms with Crippen LogP contribution >= 0.6 is 0 Å². The van der Waals surface area contributed by atoms with Crippen LogP contribution in [0.4, 0.5) is 0 Å². The van der Waals surface area contributed by atoms with Crippen LogP contribution in [0.1, 0.15) is 30.8 Å². The fraction of sp³-hybridized carbons (Fsp3) is 0.280. The Morgan fingerprint density at radius 2 is 1.66 bits per heavy atom. The zero-order valence-corrected chi connectivity index (χ0v) is 18.2. The van der Waals surface area contributed by atoms with E-state index >= 15 is 0 Å². The highest BCUT2D eigenvalue weighted by Gasteiger charge is 2.12. The number of rotatable bonds is 10. The third-order valence-electron chi connectivity index (χ3n) is 5.33. The van der Waals surface area contributed by atoms with E-state index in [0.717, 1.165) is 35.4 Å². The van der Waals surface area contributed by atoms with Gasteiger partial charge >= 0.3 is 0 Å². The van der Waals surface area contributed by atoms with Crippen LogP contribution in [-0.4, -0.2) is 44.8 Å². The summed E-state index contributed by atoms with van der Waals surface area (Å²) in [4.78, 5) is 14.2. The minimum absolute atomic E-state index is 0.127. The van der Waals surface area contributed by atoms with Crippen molar-refractivity contribution in [1.82, 2.24) is 25.3 Å². The number of carbonyl (C=O) groups excluding carboxylic acids is 1. The van der Waals surface area contributed by atoms with Crippen LogP contribution < -0.4 is 0 Å². The van der Waals surface area contributed by atoms with Gasteiger partial charge in [0.25, 0.3) is 0 Å². The van der Waals surface area contributed by atoms with E-state index in [1.807, 2.05) is 67.7 Å². The van der Waals surface area contributed by atoms with E-state index in [0.29, 0.717) is 37.6 Å². The van der Waals surface area contributed by atoms with Gasteiger partial charge in [0.2, 0.25) is 17.7 Å². The molecular weight excluding hydrogens is 402 g/mol. The number of nitrogens with one attached hydrogen (secondary N) is 1. The predicted molar refractivity (Wildman–Crippen MR) is 123 cm³/mol. The maximum atomic E-state index is 12.4. The molecule has 0 radical (unpaired) electrons. The second kappa shape index (κ2) is 10.5. The molecule has 0 atom stereocenters. The quantitative estimate of drug-likeness (QED) is 0.400. The Morgan fingerprint density at radius 3 is 2.41 bits per heavy atom. The Bertz CT molecular complexity index is 1120. The largest absolute Gasteiger partial charge is 0.421 e. The Hall–Kier alpha value is -3.74. The summed E-state index contributed by atoms with van der Waals surface area (Å²) in [6.45, 7) is 0.706. The first-order chi connectivity index (χ1) is 15.7. The summed E-state index contributed by atoms with van der Waals surface area (Å²) < 4.78 is 5.70. The summed E-state index contributed by atoms with van der Waals surface area (Å²) in [5, 5.41) is 15.7. The lowest BCUT2D eigenvalue weighted by atomic mass is 10.1. The molecule has 2 aromatic heterocycles. The molecule has 4 rings (SSSR count). The highest BCUT2D eigenvalue weighted by Crippen LogP contribution is 2.19. The first-order valence-electron chi connectivity index (χ1n) is 10.9. The van der Waals surface area contributed by atoms with Crippen molar-refractivity contribution in [3.8, 4) is 22.7 Å². The van der Waals surface area contributed by atoms with Crippen molar-refractivity contribution in [2.45, 2.75) is 32.1 Å². The van der Waals surface area contributed by atoms with Gasteiger partial charge in [-0.15, -0.1) is 10.2 Å². The summed E-state index contributed by atoms with van der Waals surface area (Å²) in [5.74, 6) is 1.20. The summed E-state index contributed by atoms with van der Waals surface area (Å²) in [6, 6.07) is 21.8. The third-order valence-corrected chi connectivity index (χ3v) is 5.33. The normalized spacial score (nSPS) is 10.9. The SMILES string of the molecule is CN(CCCc1cc(-c2ccccc2)n[nH]1)C(=O)CCCc1nnc(-c2ccccc2)o1. The van der Waals surface area contributed by atoms with E-state index in [2.05, 4.69) is 26.5 Å². The molecule has 0 unspecified atom stereocenters. The van der Waals surface area contributed by atoms with Gasteiger partial charge < -0.3 is 9.32 Å². The van der Waals surface area contributed by atoms with Crippen LogP contribution in [-0.2, 0) is 17.6 Å². The van der Waals surface area contributed by atoms with Gasteiger partial charge in [0.15, 0.2) is 0 Å². The Balaban J connectivity index is 1.16. The first kappa shape index (κ1) is 21.5. The average Bonchev–Trinajstić information content (AvgIpc) is 3.50. The van der Waals surface area contributed by atoms with Crippen molar-refractivity contribution < 1.29 is 9.21 Å². The molecule has 0 saturated carbocycles. The van der Waals surface area contributed by atoms with E-state index in [9.17, 15) is 4.79 Å². The number of H-pyrrole nitrogens is 1. The smallest absolute Gasteiger partial charge is 0.247 e. The number of hydrogen-bond donors (Lipinski definition) is 1. The van der Waals surface area contributed by atoms with Gasteiger partial charge in [0, 0.05) is 43.3 Å². The number of hydrogen-bond acceptors (Lipinski definition) is 5. The fourth-order valence-corrected chi connectivity index (χ4v) is 3.51. The molecule has 7 heteroatoms. The molecule has 0 aliphatic carbocycles. The fourth-order valence-electron chi connectivity index (χ4n) is 3.51. The molecule has 0 aliphatic heterocycles. The second-order valence-electron chi connectivity index (χ2n) is 7.78. The Kier molecular flexibility index (Phi) is 7.07. The zero-order valence-electron chi connectivity index (χ0n) is 18.2. The van der Waals surface area contributed by atoms with Gasteiger partial charge in [-0.3, -0.25) is 9.89 Å². The molecule has 0 bridgehead atoms. The highest BCUT2D eigenvalue weighted by atomic mass is 16.4. The Morgan fingerprint density at radius 1 is 0.938 bits per heavy atom. The van der Waals surface area contributed by atoms with Gasteiger partial charge in [-0.2, -0.15) is 5.10 Å². The molecule has 2 heterocycles. The molecule has 7 nitrogen and oxygen atoms in total. The molecule has 4 aromatic rings. The lowest BCUT2D eigenvalue weighted by molar-refractivity contribution is -0.130. The minimum atomic E-state index is 0.127. The van der Waals surface area contributed by atoms with Gasteiger partial charge in [0.05, 0.1) is 5.69 Å². The lowest BCUT2D eigenvalue weighted by Crippen LogP contribution is -2.27. The van der Waals surface area contributed by atoms with Crippen molar-refractivity contribution in [1.29, 1.82) is 0 Å². The van der Waals surface area contributed by atoms with Crippen LogP contribution in [0.25, 0.3) is 22.7 Å². The maximum absolute atomic E-state index is 12.4. The van der Waals surface area contributed by atoms with Crippen LogP contribution in [0.15, 0.2) is 71.1 Å². The molecule has 164 valence electrons. The van der Waals surface area contributed by atoms with Crippen LogP contribution in [0, 0.1) is 0 Å². The number of aryl methyl sites for hydroxylation is 2.